The summed E-state index contributed by atoms with van der Waals surface area (Å²) in [5, 5.41) is 44.1. The molecule has 0 spiro atoms. The predicted molar refractivity (Wildman–Crippen MR) is 231 cm³/mol. The maximum Gasteiger partial charge on any atom is 0.243 e. The van der Waals surface area contributed by atoms with Gasteiger partial charge < -0.3 is 47.8 Å². The third kappa shape index (κ3) is 11.9. The number of rotatable bonds is 18. The van der Waals surface area contributed by atoms with E-state index in [1.54, 1.807) is 0 Å². The van der Waals surface area contributed by atoms with Gasteiger partial charge in [-0.2, -0.15) is 0 Å². The van der Waals surface area contributed by atoms with E-state index in [2.05, 4.69) is 43.3 Å². The minimum Gasteiger partial charge on any atom is -0.390 e. The van der Waals surface area contributed by atoms with Crippen LogP contribution in [0.4, 0.5) is 0 Å². The van der Waals surface area contributed by atoms with Crippen LogP contribution in [0, 0.1) is 17.3 Å². The van der Waals surface area contributed by atoms with Crippen LogP contribution in [0.5, 0.6) is 0 Å². The van der Waals surface area contributed by atoms with Crippen molar-refractivity contribution in [1.29, 1.82) is 0 Å². The molecule has 330 valence electrons. The third-order valence-electron chi connectivity index (χ3n) is 12.7. The minimum atomic E-state index is -0.968. The Morgan fingerprint density at radius 1 is 0.852 bits per heavy atom. The first-order chi connectivity index (χ1) is 29.2. The zero-order chi connectivity index (χ0) is 43.7. The van der Waals surface area contributed by atoms with Crippen LogP contribution in [-0.2, 0) is 24.0 Å². The number of amides is 5. The summed E-state index contributed by atoms with van der Waals surface area (Å²) in [6.45, 7) is 7.04. The molecule has 5 amide bonds. The summed E-state index contributed by atoms with van der Waals surface area (Å²) in [6, 6.07) is 14.5. The summed E-state index contributed by atoms with van der Waals surface area (Å²) in [5.41, 5.74) is 8.12. The molecule has 0 saturated carbocycles. The Labute approximate surface area is 358 Å². The highest BCUT2D eigenvalue weighted by Crippen LogP contribution is 2.37. The number of aliphatic hydroxyl groups is 2. The lowest BCUT2D eigenvalue weighted by atomic mass is 9.75. The summed E-state index contributed by atoms with van der Waals surface area (Å²) >= 11 is 0. The van der Waals surface area contributed by atoms with Crippen molar-refractivity contribution in [3.63, 3.8) is 0 Å². The molecule has 1 aliphatic carbocycles. The van der Waals surface area contributed by atoms with Gasteiger partial charge in [-0.3, -0.25) is 29.3 Å². The van der Waals surface area contributed by atoms with Crippen molar-refractivity contribution in [2.45, 2.75) is 114 Å². The van der Waals surface area contributed by atoms with Crippen molar-refractivity contribution in [2.24, 2.45) is 23.0 Å². The van der Waals surface area contributed by atoms with E-state index in [1.807, 2.05) is 87.5 Å². The summed E-state index contributed by atoms with van der Waals surface area (Å²) in [4.78, 5) is 63.4. The summed E-state index contributed by atoms with van der Waals surface area (Å²) < 4.78 is 0. The topological polar surface area (TPSA) is 236 Å². The number of primary amides is 1. The molecule has 61 heavy (non-hydrogen) atoms. The van der Waals surface area contributed by atoms with E-state index in [-0.39, 0.29) is 54.7 Å². The number of nitrogens with two attached hydrogens (primary N) is 1. The zero-order valence-electron chi connectivity index (χ0n) is 35.5. The highest BCUT2D eigenvalue weighted by atomic mass is 16.3. The number of nitrogens with one attached hydrogen (secondary N) is 7. The highest BCUT2D eigenvalue weighted by molar-refractivity contribution is 5.91. The maximum absolute atomic E-state index is 13.3. The molecule has 2 aromatic rings. The average Bonchev–Trinajstić information content (AvgIpc) is 4.07. The molecule has 4 aliphatic rings. The van der Waals surface area contributed by atoms with Gasteiger partial charge in [0, 0.05) is 24.5 Å². The van der Waals surface area contributed by atoms with E-state index in [0.717, 1.165) is 42.5 Å². The molecule has 15 heteroatoms. The summed E-state index contributed by atoms with van der Waals surface area (Å²) in [7, 11) is 0. The molecular formula is C46H64N8O7. The average molecular weight is 841 g/mol. The van der Waals surface area contributed by atoms with Gasteiger partial charge >= 0.3 is 0 Å². The number of benzene rings is 2. The second-order valence-electron chi connectivity index (χ2n) is 17.8. The molecule has 0 bridgehead atoms. The number of allylic oxidation sites excluding steroid dienone is 2. The van der Waals surface area contributed by atoms with Crippen LogP contribution in [0.15, 0.2) is 78.4 Å². The van der Waals surface area contributed by atoms with E-state index in [9.17, 15) is 34.2 Å². The van der Waals surface area contributed by atoms with E-state index < -0.39 is 53.6 Å². The van der Waals surface area contributed by atoms with Gasteiger partial charge in [0.2, 0.25) is 29.5 Å². The molecule has 2 aromatic carbocycles. The standard InChI is InChI=1S/C46H64N8O7/c1-27(2)22-37(43(59)51-26-39(47)56)53-45(61)36-23-32(24-49-36)28-17-19-46(3,20-18-28)38(55)25-50-42(58)35-16-15-33(52-35)29-11-13-31(14-12-29)41(57)40(30-8-5-4-6-9-30)54-44(60)34-10-7-21-48-34/h4-6,8-9,11-14,17-19,27,32-38,40-41,48-49,52,55,57H,7,10,15-16,20-26H2,1-3H3,(H2,47,56)(H,50,58)(H,51,59)(H,53,61)(H,54,60)/t32?,33?,34-,35-,36-,37?,38+,40?,41?,46?/m0/s1. The number of hydrogen-bond acceptors (Lipinski definition) is 10. The third-order valence-corrected chi connectivity index (χ3v) is 12.7. The second kappa shape index (κ2) is 20.8. The van der Waals surface area contributed by atoms with Gasteiger partial charge in [-0.25, -0.2) is 0 Å². The van der Waals surface area contributed by atoms with Gasteiger partial charge in [0.25, 0.3) is 0 Å². The fraction of sp³-hybridized carbons (Fsp3) is 0.543. The Hall–Kier alpha value is -4.93. The number of carbonyl (C=O) groups excluding carboxylic acids is 5. The van der Waals surface area contributed by atoms with Crippen LogP contribution in [0.2, 0.25) is 0 Å². The quantitative estimate of drug-likeness (QED) is 0.104. The molecule has 6 unspecified atom stereocenters. The Kier molecular flexibility index (Phi) is 15.5. The van der Waals surface area contributed by atoms with Gasteiger partial charge in [0.1, 0.15) is 12.1 Å². The predicted octanol–water partition coefficient (Wildman–Crippen LogP) is 1.60. The van der Waals surface area contributed by atoms with E-state index >= 15 is 0 Å². The van der Waals surface area contributed by atoms with Crippen molar-refractivity contribution < 1.29 is 34.2 Å². The van der Waals surface area contributed by atoms with E-state index in [4.69, 9.17) is 5.73 Å². The molecular weight excluding hydrogens is 777 g/mol. The first kappa shape index (κ1) is 45.6. The van der Waals surface area contributed by atoms with Crippen LogP contribution < -0.4 is 43.0 Å². The molecule has 3 heterocycles. The monoisotopic (exact) mass is 840 g/mol. The number of carbonyl (C=O) groups is 5. The van der Waals surface area contributed by atoms with Crippen LogP contribution in [0.3, 0.4) is 0 Å². The van der Waals surface area contributed by atoms with Gasteiger partial charge in [0.05, 0.1) is 36.8 Å². The van der Waals surface area contributed by atoms with Crippen molar-refractivity contribution in [3.05, 3.63) is 95.1 Å². The van der Waals surface area contributed by atoms with E-state index in [0.29, 0.717) is 37.8 Å². The molecule has 0 aromatic heterocycles. The lowest BCUT2D eigenvalue weighted by Crippen LogP contribution is -2.52. The summed E-state index contributed by atoms with van der Waals surface area (Å²) in [6.07, 6.45) is 8.88. The van der Waals surface area contributed by atoms with Crippen LogP contribution in [-0.4, -0.2) is 96.2 Å². The van der Waals surface area contributed by atoms with Crippen molar-refractivity contribution in [2.75, 3.05) is 26.2 Å². The van der Waals surface area contributed by atoms with Crippen molar-refractivity contribution in [1.82, 2.24) is 37.2 Å². The molecule has 15 nitrogen and oxygen atoms in total. The Balaban J connectivity index is 0.954. The lowest BCUT2D eigenvalue weighted by Gasteiger charge is -2.34. The fourth-order valence-corrected chi connectivity index (χ4v) is 8.82. The van der Waals surface area contributed by atoms with Crippen LogP contribution in [0.25, 0.3) is 0 Å². The zero-order valence-corrected chi connectivity index (χ0v) is 35.5. The van der Waals surface area contributed by atoms with Gasteiger partial charge in [0.15, 0.2) is 0 Å². The van der Waals surface area contributed by atoms with Gasteiger partial charge in [-0.1, -0.05) is 93.6 Å². The van der Waals surface area contributed by atoms with E-state index in [1.165, 1.54) is 0 Å². The maximum atomic E-state index is 13.3. The first-order valence-electron chi connectivity index (χ1n) is 21.8. The lowest BCUT2D eigenvalue weighted by molar-refractivity contribution is -0.131. The van der Waals surface area contributed by atoms with Gasteiger partial charge in [-0.05, 0) is 85.6 Å². The number of hydrogen-bond donors (Lipinski definition) is 10. The Morgan fingerprint density at radius 2 is 1.59 bits per heavy atom. The van der Waals surface area contributed by atoms with Crippen molar-refractivity contribution in [3.8, 4) is 0 Å². The highest BCUT2D eigenvalue weighted by Gasteiger charge is 2.38. The molecule has 0 radical (unpaired) electrons. The fourth-order valence-electron chi connectivity index (χ4n) is 8.82. The Morgan fingerprint density at radius 3 is 2.25 bits per heavy atom. The Bertz CT molecular complexity index is 1920. The molecule has 11 N–H and O–H groups in total. The summed E-state index contributed by atoms with van der Waals surface area (Å²) in [5.74, 6) is -1.47. The second-order valence-corrected chi connectivity index (χ2v) is 17.8. The smallest absolute Gasteiger partial charge is 0.243 e. The van der Waals surface area contributed by atoms with Crippen molar-refractivity contribution >= 4 is 29.5 Å². The molecule has 10 atom stereocenters. The van der Waals surface area contributed by atoms with Crippen LogP contribution >= 0.6 is 0 Å². The molecule has 3 fully saturated rings. The van der Waals surface area contributed by atoms with Crippen LogP contribution in [0.1, 0.15) is 101 Å². The molecule has 3 saturated heterocycles. The first-order valence-corrected chi connectivity index (χ1v) is 21.8. The normalized spacial score (nSPS) is 26.8. The largest absolute Gasteiger partial charge is 0.390 e. The van der Waals surface area contributed by atoms with Gasteiger partial charge in [-0.15, -0.1) is 0 Å². The minimum absolute atomic E-state index is 0.0581. The molecule has 3 aliphatic heterocycles. The number of aliphatic hydroxyl groups excluding tert-OH is 2. The molecule has 6 rings (SSSR count). The SMILES string of the molecule is CC(C)CC(NC(=O)[C@@H]1CC(C2=CCC(C)([C@H](O)CNC(=O)[C@@H]3CCC(c4ccc(C(O)C(NC(=O)[C@@H]5CCCN5)c5ccccc5)cc4)N3)C=C2)CN1)C(=O)NCC(N)=O.